The van der Waals surface area contributed by atoms with Crippen molar-refractivity contribution in [1.82, 2.24) is 9.55 Å². The minimum Gasteiger partial charge on any atom is -0.455 e. The second-order valence-electron chi connectivity index (χ2n) is 14.9. The second-order valence-corrected chi connectivity index (χ2v) is 19.9. The van der Waals surface area contributed by atoms with E-state index in [4.69, 9.17) is 9.40 Å². The van der Waals surface area contributed by atoms with Gasteiger partial charge in [-0.1, -0.05) is 137 Å². The van der Waals surface area contributed by atoms with Gasteiger partial charge in [0.05, 0.1) is 30.4 Å². The number of rotatable bonds is 7. The number of nitrogens with zero attached hydrogens (tertiary/aromatic N) is 2. The van der Waals surface area contributed by atoms with Crippen LogP contribution >= 0.6 is 0 Å². The Kier molecular flexibility index (Phi) is 7.30. The lowest BCUT2D eigenvalue weighted by Gasteiger charge is -2.24. The highest BCUT2D eigenvalue weighted by Gasteiger charge is 2.26. The van der Waals surface area contributed by atoms with Gasteiger partial charge in [-0.15, -0.1) is 0 Å². The Bertz CT molecular complexity index is 2580. The molecule has 4 heteroatoms. The van der Waals surface area contributed by atoms with Gasteiger partial charge in [0.25, 0.3) is 0 Å². The van der Waals surface area contributed by atoms with Crippen LogP contribution in [0.4, 0.5) is 0 Å². The smallest absolute Gasteiger partial charge is 0.149 e. The lowest BCUT2D eigenvalue weighted by molar-refractivity contribution is 0.669. The number of para-hydroxylation sites is 3. The predicted molar refractivity (Wildman–Crippen MR) is 216 cm³/mol. The summed E-state index contributed by atoms with van der Waals surface area (Å²) in [6.45, 7) is 14.8. The van der Waals surface area contributed by atoms with Crippen LogP contribution in [0.15, 0.2) is 132 Å². The molecule has 0 N–H and O–H groups in total. The number of hydrogen-bond donors (Lipinski definition) is 0. The first kappa shape index (κ1) is 29.7. The van der Waals surface area contributed by atoms with Crippen LogP contribution in [0, 0.1) is 0 Å². The number of aromatic nitrogens is 2. The third-order valence-electron chi connectivity index (χ3n) is 9.90. The Morgan fingerprint density at radius 2 is 1.26 bits per heavy atom. The van der Waals surface area contributed by atoms with Crippen LogP contribution in [-0.4, -0.2) is 17.6 Å². The quantitative estimate of drug-likeness (QED) is 0.158. The fourth-order valence-electron chi connectivity index (χ4n) is 7.18. The molecule has 0 fully saturated rings. The Labute approximate surface area is 299 Å². The van der Waals surface area contributed by atoms with Gasteiger partial charge in [-0.3, -0.25) is 4.57 Å². The molecule has 2 heterocycles. The molecule has 0 aliphatic heterocycles. The predicted octanol–water partition coefficient (Wildman–Crippen LogP) is 12.7. The Morgan fingerprint density at radius 1 is 0.620 bits per heavy atom. The van der Waals surface area contributed by atoms with Crippen molar-refractivity contribution in [2.24, 2.45) is 0 Å². The van der Waals surface area contributed by atoms with Gasteiger partial charge < -0.3 is 4.42 Å². The molecule has 8 aromatic rings. The second kappa shape index (κ2) is 12.3. The lowest BCUT2D eigenvalue weighted by Crippen LogP contribution is -2.37. The number of hydrogen-bond acceptors (Lipinski definition) is 2. The van der Waals surface area contributed by atoms with Gasteiger partial charge in [0.2, 0.25) is 0 Å². The molecule has 0 saturated carbocycles. The average Bonchev–Trinajstić information content (AvgIpc) is 3.68. The molecule has 6 aromatic carbocycles. The summed E-state index contributed by atoms with van der Waals surface area (Å²) in [6.07, 6.45) is 0. The van der Waals surface area contributed by atoms with Gasteiger partial charge in [0, 0.05) is 13.5 Å². The summed E-state index contributed by atoms with van der Waals surface area (Å²) in [7, 11) is -1.48. The van der Waals surface area contributed by atoms with Crippen molar-refractivity contribution in [3.05, 3.63) is 139 Å². The first-order valence-corrected chi connectivity index (χ1v) is 21.0. The standard InChI is InChI=1S/C46H44N2OSi/c1-29(2)39-26-34(32-20-23-35(24-21-32)50(5,6)7)27-40(30(3)4)44(39)48-42-19-12-11-18-41(42)47-46(48)38-17-13-16-37-36-25-22-33(28-43(36)49-45(37)38)31-14-9-8-10-15-31/h8-30H,1-7H3/i29D,30D. The van der Waals surface area contributed by atoms with Gasteiger partial charge in [-0.25, -0.2) is 4.98 Å². The lowest BCUT2D eigenvalue weighted by atomic mass is 9.88. The van der Waals surface area contributed by atoms with Crippen molar-refractivity contribution in [1.29, 1.82) is 0 Å². The summed E-state index contributed by atoms with van der Waals surface area (Å²) in [6, 6.07) is 44.4. The van der Waals surface area contributed by atoms with Crippen LogP contribution in [0.5, 0.6) is 0 Å². The topological polar surface area (TPSA) is 31.0 Å². The molecule has 8 rings (SSSR count). The summed E-state index contributed by atoms with van der Waals surface area (Å²) in [5.41, 5.74) is 11.0. The monoisotopic (exact) mass is 670 g/mol. The first-order chi connectivity index (χ1) is 24.7. The molecular weight excluding hydrogens is 625 g/mol. The molecule has 248 valence electrons. The zero-order valence-corrected chi connectivity index (χ0v) is 30.9. The van der Waals surface area contributed by atoms with E-state index in [1.165, 1.54) is 5.19 Å². The van der Waals surface area contributed by atoms with Crippen molar-refractivity contribution in [3.8, 4) is 39.3 Å². The highest BCUT2D eigenvalue weighted by molar-refractivity contribution is 6.88. The van der Waals surface area contributed by atoms with Crippen molar-refractivity contribution in [3.63, 3.8) is 0 Å². The van der Waals surface area contributed by atoms with Crippen LogP contribution in [0.1, 0.15) is 53.4 Å². The summed E-state index contributed by atoms with van der Waals surface area (Å²) >= 11 is 0. The molecule has 0 amide bonds. The van der Waals surface area contributed by atoms with E-state index in [0.29, 0.717) is 0 Å². The van der Waals surface area contributed by atoms with Gasteiger partial charge in [0.15, 0.2) is 0 Å². The van der Waals surface area contributed by atoms with Gasteiger partial charge in [-0.2, -0.15) is 0 Å². The maximum Gasteiger partial charge on any atom is 0.149 e. The summed E-state index contributed by atoms with van der Waals surface area (Å²) in [5.74, 6) is -1.27. The summed E-state index contributed by atoms with van der Waals surface area (Å²) in [5, 5.41) is 3.47. The maximum atomic E-state index is 9.56. The number of furan rings is 1. The molecule has 0 bridgehead atoms. The van der Waals surface area contributed by atoms with Crippen LogP contribution in [0.25, 0.3) is 72.3 Å². The largest absolute Gasteiger partial charge is 0.455 e. The zero-order chi connectivity index (χ0) is 36.6. The van der Waals surface area contributed by atoms with E-state index < -0.39 is 19.9 Å². The third kappa shape index (κ3) is 5.48. The van der Waals surface area contributed by atoms with Crippen LogP contribution < -0.4 is 5.19 Å². The fraction of sp³-hybridized carbons (Fsp3) is 0.196. The number of benzene rings is 6. The number of imidazole rings is 1. The van der Waals surface area contributed by atoms with Crippen molar-refractivity contribution in [2.75, 3.05) is 0 Å². The molecule has 3 nitrogen and oxygen atoms in total. The molecule has 0 saturated heterocycles. The molecule has 0 aliphatic carbocycles. The van der Waals surface area contributed by atoms with E-state index in [1.54, 1.807) is 0 Å². The van der Waals surface area contributed by atoms with Crippen molar-refractivity contribution in [2.45, 2.75) is 59.1 Å². The van der Waals surface area contributed by atoms with Crippen LogP contribution in [0.2, 0.25) is 19.6 Å². The Hall–Kier alpha value is -5.19. The molecular formula is C46H44N2OSi. The normalized spacial score (nSPS) is 13.3. The van der Waals surface area contributed by atoms with Crippen molar-refractivity contribution >= 4 is 46.2 Å². The van der Waals surface area contributed by atoms with E-state index in [1.807, 2.05) is 52.0 Å². The van der Waals surface area contributed by atoms with E-state index in [9.17, 15) is 2.74 Å². The maximum absolute atomic E-state index is 9.56. The van der Waals surface area contributed by atoms with E-state index in [-0.39, 0.29) is 0 Å². The first-order valence-electron chi connectivity index (χ1n) is 18.5. The SMILES string of the molecule is [2H]C(C)(C)c1cc(-c2ccc([Si](C)(C)C)cc2)cc(C([2H])(C)C)c1-n1c(-c2cccc3c2oc2cc(-c4ccccc4)ccc23)nc2ccccc21. The molecule has 2 aromatic heterocycles. The van der Waals surface area contributed by atoms with Gasteiger partial charge >= 0.3 is 0 Å². The van der Waals surface area contributed by atoms with Gasteiger partial charge in [0.1, 0.15) is 17.0 Å². The minimum absolute atomic E-state index is 0.720. The Morgan fingerprint density at radius 3 is 1.94 bits per heavy atom. The minimum atomic E-state index is -1.48. The molecule has 0 radical (unpaired) electrons. The van der Waals surface area contributed by atoms with Crippen molar-refractivity contribution < 1.29 is 7.16 Å². The fourth-order valence-corrected chi connectivity index (χ4v) is 8.35. The zero-order valence-electron chi connectivity index (χ0n) is 31.9. The highest BCUT2D eigenvalue weighted by Crippen LogP contribution is 2.43. The average molecular weight is 671 g/mol. The van der Waals surface area contributed by atoms with E-state index in [2.05, 4.69) is 127 Å². The summed E-state index contributed by atoms with van der Waals surface area (Å²) < 4.78 is 28.1. The molecule has 0 spiro atoms. The highest BCUT2D eigenvalue weighted by atomic mass is 28.3. The van der Waals surface area contributed by atoms with Crippen LogP contribution in [-0.2, 0) is 0 Å². The van der Waals surface area contributed by atoms with Crippen LogP contribution in [0.3, 0.4) is 0 Å². The summed E-state index contributed by atoms with van der Waals surface area (Å²) in [4.78, 5) is 5.29. The third-order valence-corrected chi connectivity index (χ3v) is 12.0. The number of fused-ring (bicyclic) bond motifs is 4. The van der Waals surface area contributed by atoms with Gasteiger partial charge in [-0.05, 0) is 87.6 Å². The molecule has 0 atom stereocenters. The Balaban J connectivity index is 1.41. The molecule has 0 aliphatic rings. The van der Waals surface area contributed by atoms with E-state index >= 15 is 0 Å². The molecule has 50 heavy (non-hydrogen) atoms. The molecule has 0 unspecified atom stereocenters. The van der Waals surface area contributed by atoms with E-state index in [0.717, 1.165) is 83.4 Å².